The number of aromatic nitrogens is 1. The molecule has 0 fully saturated rings. The normalized spacial score (nSPS) is 10.1. The lowest BCUT2D eigenvalue weighted by molar-refractivity contribution is 0.0758. The van der Waals surface area contributed by atoms with Gasteiger partial charge in [-0.1, -0.05) is 25.6 Å². The van der Waals surface area contributed by atoms with Crippen molar-refractivity contribution in [3.05, 3.63) is 30.1 Å². The summed E-state index contributed by atoms with van der Waals surface area (Å²) < 4.78 is 0. The Kier molecular flexibility index (Phi) is 6.28. The third-order valence-electron chi connectivity index (χ3n) is 2.62. The highest BCUT2D eigenvalue weighted by Crippen LogP contribution is 2.06. The summed E-state index contributed by atoms with van der Waals surface area (Å²) in [5, 5.41) is 0. The summed E-state index contributed by atoms with van der Waals surface area (Å²) in [7, 11) is 0. The van der Waals surface area contributed by atoms with Crippen LogP contribution in [0.15, 0.2) is 24.5 Å². The van der Waals surface area contributed by atoms with E-state index < -0.39 is 0 Å². The second kappa shape index (κ2) is 7.76. The van der Waals surface area contributed by atoms with Gasteiger partial charge in [0, 0.05) is 37.5 Å². The van der Waals surface area contributed by atoms with Crippen LogP contribution in [0.2, 0.25) is 0 Å². The number of thiocarbonyl (C=S) groups is 1. The zero-order valence-corrected chi connectivity index (χ0v) is 11.4. The molecule has 1 aromatic heterocycles. The SMILES string of the molecule is CCCCN(CCC(N)=S)C(=O)c1ccncc1. The number of nitrogens with zero attached hydrogens (tertiary/aromatic N) is 2. The molecule has 0 saturated heterocycles. The molecule has 18 heavy (non-hydrogen) atoms. The van der Waals surface area contributed by atoms with Crippen LogP contribution in [0, 0.1) is 0 Å². The molecule has 1 rings (SSSR count). The van der Waals surface area contributed by atoms with E-state index >= 15 is 0 Å². The maximum atomic E-state index is 12.3. The van der Waals surface area contributed by atoms with Crippen LogP contribution in [0.4, 0.5) is 0 Å². The summed E-state index contributed by atoms with van der Waals surface area (Å²) in [6.07, 6.45) is 5.84. The fourth-order valence-corrected chi connectivity index (χ4v) is 1.68. The van der Waals surface area contributed by atoms with Gasteiger partial charge in [-0.2, -0.15) is 0 Å². The van der Waals surface area contributed by atoms with Crippen LogP contribution in [-0.2, 0) is 0 Å². The van der Waals surface area contributed by atoms with E-state index in [9.17, 15) is 4.79 Å². The Bertz CT molecular complexity index is 394. The first-order valence-corrected chi connectivity index (χ1v) is 6.53. The smallest absolute Gasteiger partial charge is 0.253 e. The molecule has 1 aromatic rings. The molecule has 0 atom stereocenters. The van der Waals surface area contributed by atoms with E-state index in [1.807, 2.05) is 0 Å². The Hall–Kier alpha value is -1.49. The first kappa shape index (κ1) is 14.6. The molecule has 4 nitrogen and oxygen atoms in total. The highest BCUT2D eigenvalue weighted by Gasteiger charge is 2.14. The second-order valence-electron chi connectivity index (χ2n) is 4.10. The van der Waals surface area contributed by atoms with Crippen molar-refractivity contribution in [3.63, 3.8) is 0 Å². The van der Waals surface area contributed by atoms with Gasteiger partial charge in [0.1, 0.15) is 0 Å². The highest BCUT2D eigenvalue weighted by atomic mass is 32.1. The van der Waals surface area contributed by atoms with E-state index in [0.717, 1.165) is 19.4 Å². The summed E-state index contributed by atoms with van der Waals surface area (Å²) >= 11 is 4.86. The molecule has 0 unspecified atom stereocenters. The molecular weight excluding hydrogens is 246 g/mol. The molecule has 0 spiro atoms. The van der Waals surface area contributed by atoms with Crippen LogP contribution < -0.4 is 5.73 Å². The van der Waals surface area contributed by atoms with Crippen LogP contribution >= 0.6 is 12.2 Å². The number of unbranched alkanes of at least 4 members (excludes halogenated alkanes) is 1. The average Bonchev–Trinajstić information content (AvgIpc) is 2.39. The van der Waals surface area contributed by atoms with Crippen LogP contribution in [0.5, 0.6) is 0 Å². The summed E-state index contributed by atoms with van der Waals surface area (Å²) in [5.41, 5.74) is 6.15. The maximum Gasteiger partial charge on any atom is 0.253 e. The molecule has 2 N–H and O–H groups in total. The lowest BCUT2D eigenvalue weighted by atomic mass is 10.2. The van der Waals surface area contributed by atoms with E-state index in [1.165, 1.54) is 0 Å². The van der Waals surface area contributed by atoms with E-state index in [2.05, 4.69) is 11.9 Å². The summed E-state index contributed by atoms with van der Waals surface area (Å²) in [4.78, 5) is 18.4. The van der Waals surface area contributed by atoms with Gasteiger partial charge in [0.15, 0.2) is 0 Å². The Morgan fingerprint density at radius 3 is 2.61 bits per heavy atom. The van der Waals surface area contributed by atoms with E-state index in [4.69, 9.17) is 18.0 Å². The summed E-state index contributed by atoms with van der Waals surface area (Å²) in [6, 6.07) is 3.45. The average molecular weight is 265 g/mol. The minimum atomic E-state index is 0.0158. The number of carbonyl (C=O) groups is 1. The fraction of sp³-hybridized carbons (Fsp3) is 0.462. The zero-order chi connectivity index (χ0) is 13.4. The molecule has 0 aliphatic rings. The number of hydrogen-bond donors (Lipinski definition) is 1. The predicted octanol–water partition coefficient (Wildman–Crippen LogP) is 2.00. The molecule has 0 saturated carbocycles. The van der Waals surface area contributed by atoms with E-state index in [0.29, 0.717) is 23.5 Å². The molecule has 0 bridgehead atoms. The highest BCUT2D eigenvalue weighted by molar-refractivity contribution is 7.80. The quantitative estimate of drug-likeness (QED) is 0.766. The first-order chi connectivity index (χ1) is 8.65. The van der Waals surface area contributed by atoms with Gasteiger partial charge in [0.2, 0.25) is 0 Å². The maximum absolute atomic E-state index is 12.3. The van der Waals surface area contributed by atoms with Gasteiger partial charge >= 0.3 is 0 Å². The van der Waals surface area contributed by atoms with Crippen molar-refractivity contribution in [3.8, 4) is 0 Å². The molecule has 0 radical (unpaired) electrons. The standard InChI is InChI=1S/C13H19N3OS/c1-2-3-9-16(10-6-12(14)18)13(17)11-4-7-15-8-5-11/h4-5,7-8H,2-3,6,9-10H2,1H3,(H2,14,18). The Labute approximate surface area is 113 Å². The van der Waals surface area contributed by atoms with Gasteiger partial charge in [-0.05, 0) is 18.6 Å². The molecule has 0 aromatic carbocycles. The molecule has 1 amide bonds. The first-order valence-electron chi connectivity index (χ1n) is 6.12. The van der Waals surface area contributed by atoms with Crippen molar-refractivity contribution >= 4 is 23.1 Å². The monoisotopic (exact) mass is 265 g/mol. The van der Waals surface area contributed by atoms with Crippen LogP contribution in [0.25, 0.3) is 0 Å². The lowest BCUT2D eigenvalue weighted by Gasteiger charge is -2.22. The lowest BCUT2D eigenvalue weighted by Crippen LogP contribution is -2.34. The minimum absolute atomic E-state index is 0.0158. The van der Waals surface area contributed by atoms with Crippen molar-refractivity contribution in [2.24, 2.45) is 5.73 Å². The Morgan fingerprint density at radius 2 is 2.06 bits per heavy atom. The summed E-state index contributed by atoms with van der Waals surface area (Å²) in [6.45, 7) is 3.42. The van der Waals surface area contributed by atoms with Gasteiger partial charge in [-0.3, -0.25) is 9.78 Å². The molecule has 98 valence electrons. The number of carbonyl (C=O) groups excluding carboxylic acids is 1. The number of pyridine rings is 1. The fourth-order valence-electron chi connectivity index (χ4n) is 1.59. The van der Waals surface area contributed by atoms with Crippen molar-refractivity contribution in [1.29, 1.82) is 0 Å². The van der Waals surface area contributed by atoms with Gasteiger partial charge in [0.05, 0.1) is 4.99 Å². The van der Waals surface area contributed by atoms with E-state index in [1.54, 1.807) is 29.4 Å². The van der Waals surface area contributed by atoms with Gasteiger partial charge < -0.3 is 10.6 Å². The topological polar surface area (TPSA) is 59.2 Å². The van der Waals surface area contributed by atoms with Crippen molar-refractivity contribution in [2.45, 2.75) is 26.2 Å². The van der Waals surface area contributed by atoms with Crippen LogP contribution in [0.3, 0.4) is 0 Å². The van der Waals surface area contributed by atoms with Crippen LogP contribution in [0.1, 0.15) is 36.5 Å². The second-order valence-corrected chi connectivity index (χ2v) is 4.62. The Morgan fingerprint density at radius 1 is 1.39 bits per heavy atom. The predicted molar refractivity (Wildman–Crippen MR) is 76.5 cm³/mol. The van der Waals surface area contributed by atoms with E-state index in [-0.39, 0.29) is 5.91 Å². The minimum Gasteiger partial charge on any atom is -0.393 e. The Balaban J connectivity index is 2.69. The zero-order valence-electron chi connectivity index (χ0n) is 10.6. The number of hydrogen-bond acceptors (Lipinski definition) is 3. The van der Waals surface area contributed by atoms with Gasteiger partial charge in [-0.15, -0.1) is 0 Å². The largest absolute Gasteiger partial charge is 0.393 e. The number of nitrogens with two attached hydrogens (primary N) is 1. The molecule has 1 heterocycles. The van der Waals surface area contributed by atoms with Gasteiger partial charge in [0.25, 0.3) is 5.91 Å². The van der Waals surface area contributed by atoms with Crippen molar-refractivity contribution < 1.29 is 4.79 Å². The molecule has 0 aliphatic carbocycles. The van der Waals surface area contributed by atoms with Crippen molar-refractivity contribution in [1.82, 2.24) is 9.88 Å². The summed E-state index contributed by atoms with van der Waals surface area (Å²) in [5.74, 6) is 0.0158. The van der Waals surface area contributed by atoms with Crippen LogP contribution in [-0.4, -0.2) is 33.9 Å². The third-order valence-corrected chi connectivity index (χ3v) is 2.83. The van der Waals surface area contributed by atoms with Crippen molar-refractivity contribution in [2.75, 3.05) is 13.1 Å². The molecular formula is C13H19N3OS. The molecule has 0 aliphatic heterocycles. The third kappa shape index (κ3) is 4.79. The molecule has 5 heteroatoms. The number of rotatable bonds is 7. The van der Waals surface area contributed by atoms with Gasteiger partial charge in [-0.25, -0.2) is 0 Å². The number of amides is 1.